The Kier molecular flexibility index (Phi) is 7.81. The first kappa shape index (κ1) is 22.9. The number of rotatable bonds is 5. The second kappa shape index (κ2) is 9.89. The molecule has 1 atom stereocenters. The molecule has 0 bridgehead atoms. The van der Waals surface area contributed by atoms with E-state index >= 15 is 0 Å². The van der Waals surface area contributed by atoms with Gasteiger partial charge in [0, 0.05) is 25.5 Å². The van der Waals surface area contributed by atoms with Crippen LogP contribution < -0.4 is 10.6 Å². The van der Waals surface area contributed by atoms with Gasteiger partial charge in [0.15, 0.2) is 0 Å². The van der Waals surface area contributed by atoms with Crippen LogP contribution in [0.4, 0.5) is 5.69 Å². The first-order valence-corrected chi connectivity index (χ1v) is 9.74. The third kappa shape index (κ3) is 5.58. The summed E-state index contributed by atoms with van der Waals surface area (Å²) in [5.41, 5.74) is 4.36. The van der Waals surface area contributed by atoms with E-state index in [-0.39, 0.29) is 36.8 Å². The third-order valence-corrected chi connectivity index (χ3v) is 5.14. The lowest BCUT2D eigenvalue weighted by Crippen LogP contribution is -2.36. The van der Waals surface area contributed by atoms with Crippen molar-refractivity contribution in [1.82, 2.24) is 20.0 Å². The summed E-state index contributed by atoms with van der Waals surface area (Å²) in [6.07, 6.45) is 4.00. The van der Waals surface area contributed by atoms with Gasteiger partial charge in [0.2, 0.25) is 5.91 Å². The fourth-order valence-corrected chi connectivity index (χ4v) is 3.75. The number of anilines is 1. The van der Waals surface area contributed by atoms with Crippen LogP contribution in [0.1, 0.15) is 46.1 Å². The molecule has 1 unspecified atom stereocenters. The number of hydrogen-bond donors (Lipinski definition) is 2. The number of hydrogen-bond acceptors (Lipinski definition) is 4. The van der Waals surface area contributed by atoms with Crippen LogP contribution in [0.25, 0.3) is 0 Å². The van der Waals surface area contributed by atoms with Crippen LogP contribution in [0, 0.1) is 20.8 Å². The molecular formula is C21H30ClN5O2. The second-order valence-electron chi connectivity index (χ2n) is 7.66. The Bertz CT molecular complexity index is 851. The number of benzene rings is 1. The Balaban J connectivity index is 0.00000300. The second-order valence-corrected chi connectivity index (χ2v) is 7.66. The molecule has 1 saturated heterocycles. The third-order valence-electron chi connectivity index (χ3n) is 5.14. The molecular weight excluding hydrogens is 390 g/mol. The van der Waals surface area contributed by atoms with Crippen molar-refractivity contribution in [3.8, 4) is 0 Å². The van der Waals surface area contributed by atoms with E-state index in [2.05, 4.69) is 15.7 Å². The van der Waals surface area contributed by atoms with Crippen molar-refractivity contribution in [2.24, 2.45) is 0 Å². The number of likely N-dealkylation sites (N-methyl/N-ethyl adjacent to an activating group) is 1. The Labute approximate surface area is 178 Å². The summed E-state index contributed by atoms with van der Waals surface area (Å²) in [6, 6.07) is 6.06. The molecule has 2 aromatic rings. The monoisotopic (exact) mass is 419 g/mol. The molecule has 1 aromatic carbocycles. The SMILES string of the molecule is Cc1cc(C)c(NC(=O)CN(C)C(=O)c2ccn(C3CCCNC3)n2)c(C)c1.Cl. The molecule has 8 heteroatoms. The fourth-order valence-electron chi connectivity index (χ4n) is 3.75. The highest BCUT2D eigenvalue weighted by Gasteiger charge is 2.21. The molecule has 1 aliphatic rings. The predicted octanol–water partition coefficient (Wildman–Crippen LogP) is 2.87. The van der Waals surface area contributed by atoms with Crippen LogP contribution in [0.15, 0.2) is 24.4 Å². The van der Waals surface area contributed by atoms with Gasteiger partial charge < -0.3 is 15.5 Å². The van der Waals surface area contributed by atoms with E-state index in [1.165, 1.54) is 4.90 Å². The maximum absolute atomic E-state index is 12.7. The van der Waals surface area contributed by atoms with Crippen LogP contribution in [0.5, 0.6) is 0 Å². The Hall–Kier alpha value is -2.38. The van der Waals surface area contributed by atoms with Gasteiger partial charge in [-0.2, -0.15) is 5.10 Å². The molecule has 7 nitrogen and oxygen atoms in total. The first-order valence-electron chi connectivity index (χ1n) is 9.74. The van der Waals surface area contributed by atoms with Crippen molar-refractivity contribution >= 4 is 29.9 Å². The Morgan fingerprint density at radius 2 is 1.97 bits per heavy atom. The van der Waals surface area contributed by atoms with Gasteiger partial charge in [-0.3, -0.25) is 14.3 Å². The van der Waals surface area contributed by atoms with Crippen molar-refractivity contribution < 1.29 is 9.59 Å². The first-order chi connectivity index (χ1) is 13.3. The summed E-state index contributed by atoms with van der Waals surface area (Å²) in [5, 5.41) is 10.7. The van der Waals surface area contributed by atoms with Gasteiger partial charge >= 0.3 is 0 Å². The van der Waals surface area contributed by atoms with Crippen molar-refractivity contribution in [3.05, 3.63) is 46.8 Å². The average Bonchev–Trinajstić information content (AvgIpc) is 3.15. The zero-order chi connectivity index (χ0) is 20.3. The molecule has 158 valence electrons. The summed E-state index contributed by atoms with van der Waals surface area (Å²) in [6.45, 7) is 7.84. The lowest BCUT2D eigenvalue weighted by molar-refractivity contribution is -0.116. The van der Waals surface area contributed by atoms with E-state index < -0.39 is 0 Å². The number of carbonyl (C=O) groups excluding carboxylic acids is 2. The molecule has 2 heterocycles. The Morgan fingerprint density at radius 1 is 1.28 bits per heavy atom. The minimum Gasteiger partial charge on any atom is -0.331 e. The molecule has 1 aliphatic heterocycles. The zero-order valence-corrected chi connectivity index (χ0v) is 18.3. The maximum Gasteiger partial charge on any atom is 0.274 e. The highest BCUT2D eigenvalue weighted by molar-refractivity contribution is 5.98. The topological polar surface area (TPSA) is 79.3 Å². The number of halogens is 1. The van der Waals surface area contributed by atoms with Crippen LogP contribution in [-0.2, 0) is 4.79 Å². The van der Waals surface area contributed by atoms with Gasteiger partial charge in [0.1, 0.15) is 5.69 Å². The summed E-state index contributed by atoms with van der Waals surface area (Å²) in [4.78, 5) is 26.5. The maximum atomic E-state index is 12.7. The van der Waals surface area contributed by atoms with Crippen LogP contribution in [-0.4, -0.2) is 53.2 Å². The highest BCUT2D eigenvalue weighted by atomic mass is 35.5. The molecule has 1 fully saturated rings. The summed E-state index contributed by atoms with van der Waals surface area (Å²) in [5.74, 6) is -0.475. The quantitative estimate of drug-likeness (QED) is 0.781. The van der Waals surface area contributed by atoms with Gasteiger partial charge in [0.25, 0.3) is 5.91 Å². The van der Waals surface area contributed by atoms with Gasteiger partial charge in [0.05, 0.1) is 12.6 Å². The summed E-state index contributed by atoms with van der Waals surface area (Å²) in [7, 11) is 1.62. The van der Waals surface area contributed by atoms with Crippen LogP contribution in [0.3, 0.4) is 0 Å². The van der Waals surface area contributed by atoms with E-state index in [0.29, 0.717) is 5.69 Å². The van der Waals surface area contributed by atoms with E-state index in [0.717, 1.165) is 48.3 Å². The molecule has 2 N–H and O–H groups in total. The number of aromatic nitrogens is 2. The van der Waals surface area contributed by atoms with Crippen LogP contribution in [0.2, 0.25) is 0 Å². The van der Waals surface area contributed by atoms with E-state index in [1.807, 2.05) is 43.8 Å². The number of piperidine rings is 1. The molecule has 1 aromatic heterocycles. The lowest BCUT2D eigenvalue weighted by Gasteiger charge is -2.23. The van der Waals surface area contributed by atoms with E-state index in [4.69, 9.17) is 0 Å². The standard InChI is InChI=1S/C21H29N5O2.ClH/c1-14-10-15(2)20(16(3)11-14)23-19(27)13-25(4)21(28)18-7-9-26(24-18)17-6-5-8-22-12-17;/h7,9-11,17,22H,5-6,8,12-13H2,1-4H3,(H,23,27);1H. The van der Waals surface area contributed by atoms with Crippen molar-refractivity contribution in [2.45, 2.75) is 39.7 Å². The smallest absolute Gasteiger partial charge is 0.274 e. The van der Waals surface area contributed by atoms with Gasteiger partial charge in [-0.05, 0) is 57.4 Å². The molecule has 2 amide bonds. The molecule has 29 heavy (non-hydrogen) atoms. The number of nitrogens with zero attached hydrogens (tertiary/aromatic N) is 3. The average molecular weight is 420 g/mol. The van der Waals surface area contributed by atoms with Crippen LogP contribution >= 0.6 is 12.4 Å². The van der Waals surface area contributed by atoms with Crippen molar-refractivity contribution in [3.63, 3.8) is 0 Å². The minimum atomic E-state index is -0.255. The fraction of sp³-hybridized carbons (Fsp3) is 0.476. The largest absolute Gasteiger partial charge is 0.331 e. The van der Waals surface area contributed by atoms with Gasteiger partial charge in [-0.25, -0.2) is 0 Å². The molecule has 0 spiro atoms. The molecule has 3 rings (SSSR count). The molecule has 0 saturated carbocycles. The highest BCUT2D eigenvalue weighted by Crippen LogP contribution is 2.22. The van der Waals surface area contributed by atoms with E-state index in [1.54, 1.807) is 13.1 Å². The number of amides is 2. The lowest BCUT2D eigenvalue weighted by atomic mass is 10.1. The minimum absolute atomic E-state index is 0. The number of carbonyl (C=O) groups is 2. The molecule has 0 aliphatic carbocycles. The van der Waals surface area contributed by atoms with E-state index in [9.17, 15) is 9.59 Å². The van der Waals surface area contributed by atoms with Crippen molar-refractivity contribution in [2.75, 3.05) is 32.0 Å². The molecule has 0 radical (unpaired) electrons. The van der Waals surface area contributed by atoms with Crippen molar-refractivity contribution in [1.29, 1.82) is 0 Å². The summed E-state index contributed by atoms with van der Waals surface area (Å²) < 4.78 is 1.85. The Morgan fingerprint density at radius 3 is 2.59 bits per heavy atom. The predicted molar refractivity (Wildman–Crippen MR) is 117 cm³/mol. The normalized spacial score (nSPS) is 16.1. The van der Waals surface area contributed by atoms with Gasteiger partial charge in [-0.15, -0.1) is 12.4 Å². The summed E-state index contributed by atoms with van der Waals surface area (Å²) >= 11 is 0. The van der Waals surface area contributed by atoms with Gasteiger partial charge in [-0.1, -0.05) is 17.7 Å². The zero-order valence-electron chi connectivity index (χ0n) is 17.5. The number of nitrogens with one attached hydrogen (secondary N) is 2. The number of aryl methyl sites for hydroxylation is 3.